The molecule has 7 atom stereocenters. The summed E-state index contributed by atoms with van der Waals surface area (Å²) < 4.78 is 25.5. The Hall–Kier alpha value is -6.17. The Labute approximate surface area is 355 Å². The molecule has 1 saturated heterocycles. The summed E-state index contributed by atoms with van der Waals surface area (Å²) in [5.41, 5.74) is 4.82. The van der Waals surface area contributed by atoms with Gasteiger partial charge in [-0.2, -0.15) is 4.73 Å². The smallest absolute Gasteiger partial charge is 0.322 e. The van der Waals surface area contributed by atoms with Gasteiger partial charge in [0.25, 0.3) is 0 Å². The Bertz CT molecular complexity index is 2590. The molecule has 2 fully saturated rings. The molecule has 1 saturated carbocycles. The number of aromatic nitrogens is 2. The number of hydrogen-bond donors (Lipinski definition) is 7. The van der Waals surface area contributed by atoms with Crippen molar-refractivity contribution in [2.75, 3.05) is 13.2 Å². The van der Waals surface area contributed by atoms with E-state index in [1.54, 1.807) is 24.5 Å². The SMILES string of the molecule is Cc1cc(C)cc(-c2c3[nH]ccc3cn2O[C@@H]2[C@@H](Oc3ccc4c(=O)c(-c5ccc(O)cc5)coc4c3)O[C@@H](COC(=O)[C@H](C(=O)O)[C@H](CCO)NC3CCCC3)[C@H](O)[C@H]2O)c1. The van der Waals surface area contributed by atoms with Crippen LogP contribution in [0.3, 0.4) is 0 Å². The van der Waals surface area contributed by atoms with E-state index in [0.717, 1.165) is 53.3 Å². The van der Waals surface area contributed by atoms with Crippen molar-refractivity contribution in [2.45, 2.75) is 88.7 Å². The molecule has 1 aliphatic heterocycles. The fourth-order valence-corrected chi connectivity index (χ4v) is 8.57. The van der Waals surface area contributed by atoms with Crippen molar-refractivity contribution >= 4 is 33.8 Å². The maximum Gasteiger partial charge on any atom is 0.322 e. The summed E-state index contributed by atoms with van der Waals surface area (Å²) in [5, 5.41) is 57.2. The van der Waals surface area contributed by atoms with Gasteiger partial charge in [0.15, 0.2) is 11.3 Å². The van der Waals surface area contributed by atoms with Crippen molar-refractivity contribution in [3.05, 3.63) is 107 Å². The lowest BCUT2D eigenvalue weighted by Crippen LogP contribution is -2.63. The molecule has 16 nitrogen and oxygen atoms in total. The fourth-order valence-electron chi connectivity index (χ4n) is 8.57. The quantitative estimate of drug-likeness (QED) is 0.0554. The largest absolute Gasteiger partial charge is 0.508 e. The Kier molecular flexibility index (Phi) is 12.4. The minimum absolute atomic E-state index is 0.0112. The first-order chi connectivity index (χ1) is 29.9. The second kappa shape index (κ2) is 18.0. The van der Waals surface area contributed by atoms with Crippen LogP contribution < -0.4 is 20.3 Å². The number of nitrogens with zero attached hydrogens (tertiary/aromatic N) is 1. The molecule has 4 heterocycles. The van der Waals surface area contributed by atoms with E-state index in [2.05, 4.69) is 10.3 Å². The summed E-state index contributed by atoms with van der Waals surface area (Å²) >= 11 is 0. The number of aliphatic hydroxyl groups excluding tert-OH is 3. The van der Waals surface area contributed by atoms with E-state index in [1.807, 2.05) is 38.1 Å². The first kappa shape index (κ1) is 42.5. The van der Waals surface area contributed by atoms with Crippen LogP contribution in [0.4, 0.5) is 0 Å². The minimum Gasteiger partial charge on any atom is -0.508 e. The van der Waals surface area contributed by atoms with Gasteiger partial charge in [0.2, 0.25) is 12.4 Å². The lowest BCUT2D eigenvalue weighted by atomic mass is 9.95. The van der Waals surface area contributed by atoms with Crippen LogP contribution in [0.5, 0.6) is 11.5 Å². The summed E-state index contributed by atoms with van der Waals surface area (Å²) in [6, 6.07) is 17.5. The third-order valence-electron chi connectivity index (χ3n) is 11.6. The number of rotatable bonds is 15. The number of fused-ring (bicyclic) bond motifs is 2. The van der Waals surface area contributed by atoms with E-state index >= 15 is 0 Å². The minimum atomic E-state index is -1.72. The molecule has 1 aliphatic carbocycles. The van der Waals surface area contributed by atoms with E-state index in [1.165, 1.54) is 41.3 Å². The van der Waals surface area contributed by atoms with Crippen molar-refractivity contribution < 1.29 is 58.6 Å². The standard InChI is InChI=1S/C46H49N3O13/c1-24-17-25(2)19-28(18-24)39-38-27(13-15-47-38)21-49(39)62-43-42(54)41(53)36(23-59-45(57)37(44(55)56)34(14-16-50)48-29-5-3-4-6-29)61-46(43)60-31-11-12-32-35(20-31)58-22-33(40(32)52)26-7-9-30(51)10-8-26/h7-13,15,17-22,29,34,36-37,41-43,46-48,50-51,53-54H,3-6,14,16,23H2,1-2H3,(H,55,56)/t34-,36-,37-,41-,42+,43-,46-/m0/s1. The fraction of sp³-hybridized carbons (Fsp3) is 0.370. The van der Waals surface area contributed by atoms with E-state index in [0.29, 0.717) is 11.3 Å². The number of aryl methyl sites for hydroxylation is 2. The molecular weight excluding hydrogens is 803 g/mol. The number of carbonyl (C=O) groups excluding carboxylic acids is 1. The van der Waals surface area contributed by atoms with Gasteiger partial charge in [0.1, 0.15) is 54.0 Å². The summed E-state index contributed by atoms with van der Waals surface area (Å²) in [6.07, 6.45) is 0.508. The van der Waals surface area contributed by atoms with Gasteiger partial charge in [0.05, 0.1) is 22.7 Å². The number of benzene rings is 3. The second-order valence-electron chi connectivity index (χ2n) is 16.1. The zero-order valence-electron chi connectivity index (χ0n) is 34.1. The topological polar surface area (TPSA) is 235 Å². The van der Waals surface area contributed by atoms with Crippen LogP contribution in [0.2, 0.25) is 0 Å². The number of aromatic hydroxyl groups is 1. The van der Waals surface area contributed by atoms with Gasteiger partial charge >= 0.3 is 11.9 Å². The summed E-state index contributed by atoms with van der Waals surface area (Å²) in [4.78, 5) is 49.3. The monoisotopic (exact) mass is 851 g/mol. The number of esters is 1. The average molecular weight is 852 g/mol. The second-order valence-corrected chi connectivity index (χ2v) is 16.1. The first-order valence-corrected chi connectivity index (χ1v) is 20.6. The molecule has 0 spiro atoms. The predicted octanol–water partition coefficient (Wildman–Crippen LogP) is 4.58. The molecule has 0 amide bonds. The Balaban J connectivity index is 1.10. The number of carboxylic acid groups (broad SMARTS) is 1. The van der Waals surface area contributed by atoms with E-state index < -0.39 is 61.2 Å². The highest BCUT2D eigenvalue weighted by Gasteiger charge is 2.49. The third-order valence-corrected chi connectivity index (χ3v) is 11.6. The average Bonchev–Trinajstić information content (AvgIpc) is 3.99. The number of phenolic OH excluding ortho intramolecular Hbond substituents is 1. The maximum atomic E-state index is 13.5. The van der Waals surface area contributed by atoms with Crippen LogP contribution in [-0.4, -0.2) is 103 Å². The molecule has 326 valence electrons. The lowest BCUT2D eigenvalue weighted by Gasteiger charge is -2.41. The van der Waals surface area contributed by atoms with Gasteiger partial charge in [-0.15, -0.1) is 0 Å². The molecular formula is C46H49N3O13. The highest BCUT2D eigenvalue weighted by Crippen LogP contribution is 2.34. The van der Waals surface area contributed by atoms with Gasteiger partial charge in [-0.25, -0.2) is 0 Å². The van der Waals surface area contributed by atoms with Gasteiger partial charge in [-0.1, -0.05) is 42.2 Å². The van der Waals surface area contributed by atoms with Crippen molar-refractivity contribution in [3.63, 3.8) is 0 Å². The molecule has 8 rings (SSSR count). The number of hydrogen-bond acceptors (Lipinski definition) is 13. The van der Waals surface area contributed by atoms with Gasteiger partial charge in [-0.3, -0.25) is 14.4 Å². The third kappa shape index (κ3) is 8.78. The molecule has 6 aromatic rings. The highest BCUT2D eigenvalue weighted by atomic mass is 16.8. The van der Waals surface area contributed by atoms with E-state index in [4.69, 9.17) is 23.5 Å². The maximum absolute atomic E-state index is 13.5. The molecule has 16 heteroatoms. The van der Waals surface area contributed by atoms with Crippen LogP contribution in [0.1, 0.15) is 43.2 Å². The molecule has 0 radical (unpaired) electrons. The van der Waals surface area contributed by atoms with Crippen molar-refractivity contribution in [2.24, 2.45) is 5.92 Å². The van der Waals surface area contributed by atoms with Crippen LogP contribution in [0, 0.1) is 19.8 Å². The molecule has 0 bridgehead atoms. The number of nitrogens with one attached hydrogen (secondary N) is 2. The summed E-state index contributed by atoms with van der Waals surface area (Å²) in [6.45, 7) is 2.91. The highest BCUT2D eigenvalue weighted by molar-refractivity contribution is 5.95. The number of aromatic amines is 1. The van der Waals surface area contributed by atoms with Crippen LogP contribution >= 0.6 is 0 Å². The van der Waals surface area contributed by atoms with Crippen LogP contribution in [0.15, 0.2) is 94.6 Å². The van der Waals surface area contributed by atoms with Crippen molar-refractivity contribution in [1.29, 1.82) is 0 Å². The molecule has 2 aliphatic rings. The first-order valence-electron chi connectivity index (χ1n) is 20.6. The molecule has 0 unspecified atom stereocenters. The van der Waals surface area contributed by atoms with Crippen LogP contribution in [-0.2, 0) is 19.1 Å². The van der Waals surface area contributed by atoms with Gasteiger partial charge in [0, 0.05) is 41.9 Å². The van der Waals surface area contributed by atoms with E-state index in [-0.39, 0.29) is 52.5 Å². The predicted molar refractivity (Wildman–Crippen MR) is 225 cm³/mol. The Morgan fingerprint density at radius 1 is 0.968 bits per heavy atom. The number of carboxylic acids is 1. The molecule has 7 N–H and O–H groups in total. The normalized spacial score (nSPS) is 21.5. The zero-order chi connectivity index (χ0) is 43.7. The zero-order valence-corrected chi connectivity index (χ0v) is 34.1. The Morgan fingerprint density at radius 3 is 2.42 bits per heavy atom. The molecule has 3 aromatic heterocycles. The van der Waals surface area contributed by atoms with E-state index in [9.17, 15) is 39.9 Å². The number of carbonyl (C=O) groups is 2. The summed E-state index contributed by atoms with van der Waals surface area (Å²) in [5.74, 6) is -4.06. The summed E-state index contributed by atoms with van der Waals surface area (Å²) in [7, 11) is 0. The molecule has 62 heavy (non-hydrogen) atoms. The number of aliphatic hydroxyl groups is 3. The van der Waals surface area contributed by atoms with Gasteiger partial charge < -0.3 is 59.3 Å². The lowest BCUT2D eigenvalue weighted by molar-refractivity contribution is -0.288. The van der Waals surface area contributed by atoms with Crippen molar-refractivity contribution in [1.82, 2.24) is 15.0 Å². The Morgan fingerprint density at radius 2 is 1.71 bits per heavy atom. The number of phenols is 1. The molecule has 3 aromatic carbocycles. The van der Waals surface area contributed by atoms with Gasteiger partial charge in [-0.05, 0) is 81.1 Å². The number of ether oxygens (including phenoxy) is 3. The van der Waals surface area contributed by atoms with Crippen molar-refractivity contribution in [3.8, 4) is 33.9 Å². The van der Waals surface area contributed by atoms with Crippen LogP contribution in [0.25, 0.3) is 44.3 Å². The number of aliphatic carboxylic acids is 1. The number of H-pyrrole nitrogens is 1.